The molecule has 466 valence electrons. The van der Waals surface area contributed by atoms with Gasteiger partial charge in [0.1, 0.15) is 12.2 Å². The van der Waals surface area contributed by atoms with E-state index in [0.717, 1.165) is 40.2 Å². The lowest BCUT2D eigenvalue weighted by Crippen LogP contribution is -2.79. The van der Waals surface area contributed by atoms with Gasteiger partial charge in [-0.25, -0.2) is 28.8 Å². The number of ether oxygens (including phenoxy) is 12. The number of carbonyl (C=O) groups is 12. The van der Waals surface area contributed by atoms with Gasteiger partial charge in [-0.15, -0.1) is 0 Å². The van der Waals surface area contributed by atoms with E-state index in [1.54, 1.807) is 41.5 Å². The van der Waals surface area contributed by atoms with Crippen LogP contribution in [0, 0.1) is 57.2 Å². The Kier molecular flexibility index (Phi) is 15.3. The predicted octanol–water partition coefficient (Wildman–Crippen LogP) is 1.94. The predicted molar refractivity (Wildman–Crippen MR) is 280 cm³/mol. The molecule has 26 heteroatoms. The van der Waals surface area contributed by atoms with Gasteiger partial charge in [0.15, 0.2) is 35.3 Å². The zero-order chi connectivity index (χ0) is 63.0. The van der Waals surface area contributed by atoms with Crippen molar-refractivity contribution in [1.29, 1.82) is 0 Å². The Hall–Kier alpha value is -7.16. The van der Waals surface area contributed by atoms with Gasteiger partial charge in [-0.3, -0.25) is 28.8 Å². The minimum Gasteiger partial charge on any atom is -0.467 e. The molecule has 0 aromatic carbocycles. The third kappa shape index (κ3) is 8.67. The summed E-state index contributed by atoms with van der Waals surface area (Å²) in [5.41, 5.74) is -9.26. The van der Waals surface area contributed by atoms with E-state index in [-0.39, 0.29) is 24.0 Å². The molecule has 8 fully saturated rings. The number of esters is 10. The van der Waals surface area contributed by atoms with E-state index in [2.05, 4.69) is 0 Å². The van der Waals surface area contributed by atoms with Crippen LogP contribution in [0.1, 0.15) is 108 Å². The largest absolute Gasteiger partial charge is 0.467 e. The maximum atomic E-state index is 14.5. The third-order valence-corrected chi connectivity index (χ3v) is 20.4. The lowest BCUT2D eigenvalue weighted by Gasteiger charge is -2.67. The van der Waals surface area contributed by atoms with Gasteiger partial charge in [-0.1, -0.05) is 25.0 Å². The van der Waals surface area contributed by atoms with Crippen molar-refractivity contribution in [1.82, 2.24) is 0 Å². The van der Waals surface area contributed by atoms with E-state index in [4.69, 9.17) is 56.8 Å². The molecule has 20 atom stereocenters. The normalized spacial score (nSPS) is 41.0. The van der Waals surface area contributed by atoms with Gasteiger partial charge in [-0.2, -0.15) is 0 Å². The van der Waals surface area contributed by atoms with Crippen molar-refractivity contribution in [2.24, 2.45) is 57.2 Å². The molecule has 0 radical (unpaired) electrons. The molecule has 4 aliphatic heterocycles. The number of fused-ring (bicyclic) bond motifs is 4. The summed E-state index contributed by atoms with van der Waals surface area (Å²) in [4.78, 5) is 166. The quantitative estimate of drug-likeness (QED) is 0.151. The van der Waals surface area contributed by atoms with E-state index in [1.165, 1.54) is 13.8 Å². The molecule has 0 aromatic rings. The highest BCUT2D eigenvalue weighted by Crippen LogP contribution is 2.75. The van der Waals surface area contributed by atoms with Crippen molar-refractivity contribution in [3.8, 4) is 0 Å². The molecule has 0 amide bonds. The van der Waals surface area contributed by atoms with Gasteiger partial charge in [0.25, 0.3) is 0 Å². The first-order valence-electron chi connectivity index (χ1n) is 28.4. The fourth-order valence-electron chi connectivity index (χ4n) is 17.9. The molecular formula is C60H70O26. The summed E-state index contributed by atoms with van der Waals surface area (Å²) >= 11 is 0. The molecule has 0 aromatic heterocycles. The van der Waals surface area contributed by atoms with Gasteiger partial charge in [0.2, 0.25) is 23.4 Å². The van der Waals surface area contributed by atoms with E-state index < -0.39 is 239 Å². The maximum Gasteiger partial charge on any atom is 0.348 e. The number of allylic oxidation sites excluding steroid dienone is 6. The first-order valence-corrected chi connectivity index (χ1v) is 28.4. The fourth-order valence-corrected chi connectivity index (χ4v) is 17.9. The molecule has 4 heterocycles. The number of aliphatic hydroxyl groups is 2. The van der Waals surface area contributed by atoms with Gasteiger partial charge in [-0.05, 0) is 88.2 Å². The summed E-state index contributed by atoms with van der Waals surface area (Å²) in [6.07, 6.45) is -13.6. The average Bonchev–Trinajstić information content (AvgIpc) is 1.35. The van der Waals surface area contributed by atoms with Gasteiger partial charge >= 0.3 is 59.7 Å². The molecular weight excluding hydrogens is 1140 g/mol. The number of Topliss-reactive ketones (excluding diaryl/α,β-unsaturated/α-hetero) is 2. The van der Waals surface area contributed by atoms with Crippen molar-refractivity contribution in [2.45, 2.75) is 168 Å². The molecule has 86 heavy (non-hydrogen) atoms. The Morgan fingerprint density at radius 1 is 0.547 bits per heavy atom. The zero-order valence-corrected chi connectivity index (χ0v) is 49.6. The van der Waals surface area contributed by atoms with E-state index in [1.807, 2.05) is 0 Å². The summed E-state index contributed by atoms with van der Waals surface area (Å²) in [6.45, 7) is 14.1. The second-order valence-electron chi connectivity index (χ2n) is 25.6. The molecule has 2 N–H and O–H groups in total. The number of hydrogen-bond donors (Lipinski definition) is 2. The number of methoxy groups -OCH3 is 2. The molecule has 2 spiro atoms. The monoisotopic (exact) mass is 1210 g/mol. The highest BCUT2D eigenvalue weighted by molar-refractivity contribution is 6.00. The van der Waals surface area contributed by atoms with Gasteiger partial charge < -0.3 is 67.1 Å². The number of hydrogen-bond acceptors (Lipinski definition) is 26. The third-order valence-electron chi connectivity index (χ3n) is 20.4. The summed E-state index contributed by atoms with van der Waals surface area (Å²) in [5, 5.41) is 25.2. The summed E-state index contributed by atoms with van der Waals surface area (Å²) in [5.74, 6) is -19.6. The molecule has 10 aliphatic rings. The summed E-state index contributed by atoms with van der Waals surface area (Å²) in [7, 11) is 2.06. The first kappa shape index (κ1) is 61.9. The number of ketones is 2. The second-order valence-corrected chi connectivity index (χ2v) is 25.6. The molecule has 6 aliphatic carbocycles. The number of aliphatic hydroxyl groups excluding tert-OH is 2. The smallest absolute Gasteiger partial charge is 0.348 e. The fraction of sp³-hybridized carbons (Fsp3) is 0.667. The Morgan fingerprint density at radius 2 is 0.895 bits per heavy atom. The van der Waals surface area contributed by atoms with Crippen LogP contribution < -0.4 is 0 Å². The lowest BCUT2D eigenvalue weighted by molar-refractivity contribution is -0.292. The van der Waals surface area contributed by atoms with Crippen molar-refractivity contribution in [3.05, 3.63) is 46.0 Å². The Balaban J connectivity index is 0.904. The second kappa shape index (κ2) is 21.3. The Labute approximate surface area is 492 Å². The highest BCUT2D eigenvalue weighted by Gasteiger charge is 2.88. The van der Waals surface area contributed by atoms with Crippen molar-refractivity contribution >= 4 is 71.3 Å². The van der Waals surface area contributed by atoms with Crippen LogP contribution in [0.15, 0.2) is 46.0 Å². The topological polar surface area (TPSA) is 356 Å². The lowest BCUT2D eigenvalue weighted by atomic mass is 9.38. The SMILES string of the molecule is COC(=O)C12OCC34C(CC5C(C)=C(OC(=O)CCC(=O)OC6=C(C)C7CC8OC(=O)C(OC(=O)C=C(C)C)C9C%10(C(=O)OC)OCC89C(C(O)C%10OC(C)=O)C7(C)CC6=O)C(=O)CC5(C)C3C(O)C1OC(C)=O)OC(=O)C(OC(=O)C=C(C)C)C24. The van der Waals surface area contributed by atoms with Crippen LogP contribution in [0.3, 0.4) is 0 Å². The van der Waals surface area contributed by atoms with Crippen LogP contribution in [-0.4, -0.2) is 169 Å². The van der Waals surface area contributed by atoms with Crippen LogP contribution in [-0.2, 0) is 114 Å². The highest BCUT2D eigenvalue weighted by atomic mass is 16.7. The van der Waals surface area contributed by atoms with E-state index in [9.17, 15) is 67.7 Å². The zero-order valence-electron chi connectivity index (χ0n) is 49.6. The maximum absolute atomic E-state index is 14.5. The summed E-state index contributed by atoms with van der Waals surface area (Å²) in [6, 6.07) is 0. The molecule has 20 unspecified atom stereocenters. The minimum absolute atomic E-state index is 0.0870. The van der Waals surface area contributed by atoms with Gasteiger partial charge in [0.05, 0.1) is 64.3 Å². The van der Waals surface area contributed by atoms with Crippen LogP contribution >= 0.6 is 0 Å². The van der Waals surface area contributed by atoms with E-state index >= 15 is 0 Å². The van der Waals surface area contributed by atoms with Crippen LogP contribution in [0.2, 0.25) is 0 Å². The van der Waals surface area contributed by atoms with Crippen LogP contribution in [0.5, 0.6) is 0 Å². The Bertz CT molecular complexity index is 2990. The average molecular weight is 1210 g/mol. The standard InChI is InChI=1S/C60H70O26/c1-23(2)15-37(67)85-43-47-57-21-77-59(47,53(73)75-11)49(79-27(7)61)39(69)45(57)55(9)19-31(63)41(25(5)29(55)17-33(57)81-51(43)71)83-35(65)13-14-36(66)84-42-26(6)30-18-34-58-22-78-60(54(74)76-12,48(58)44(52(72)82-34)86-38(68)16-24(3)4)50(80-28(8)62)40(70)46(58)56(30,10)20-32(42)64/h15-16,29-30,33-34,39-40,43-50,69-70H,13-14,17-22H2,1-12H3. The molecule has 4 bridgehead atoms. The van der Waals surface area contributed by atoms with Crippen molar-refractivity contribution < 1.29 is 125 Å². The number of carbonyl (C=O) groups excluding carboxylic acids is 12. The molecule has 10 rings (SSSR count). The van der Waals surface area contributed by atoms with Crippen LogP contribution in [0.4, 0.5) is 0 Å². The first-order chi connectivity index (χ1) is 40.3. The molecule has 4 saturated heterocycles. The minimum atomic E-state index is -2.41. The van der Waals surface area contributed by atoms with Crippen LogP contribution in [0.25, 0.3) is 0 Å². The Morgan fingerprint density at radius 3 is 1.21 bits per heavy atom. The number of rotatable bonds is 13. The molecule has 4 saturated carbocycles. The molecule has 26 nitrogen and oxygen atoms in total. The van der Waals surface area contributed by atoms with E-state index in [0.29, 0.717) is 11.1 Å². The van der Waals surface area contributed by atoms with Crippen molar-refractivity contribution in [3.63, 3.8) is 0 Å². The van der Waals surface area contributed by atoms with Gasteiger partial charge in [0, 0.05) is 61.5 Å². The van der Waals surface area contributed by atoms with Crippen molar-refractivity contribution in [2.75, 3.05) is 27.4 Å². The summed E-state index contributed by atoms with van der Waals surface area (Å²) < 4.78 is 69.8.